The molecule has 0 unspecified atom stereocenters. The predicted molar refractivity (Wildman–Crippen MR) is 77.1 cm³/mol. The first kappa shape index (κ1) is 14.8. The molecule has 1 saturated heterocycles. The molecule has 1 aromatic rings. The van der Waals surface area contributed by atoms with Gasteiger partial charge in [0.25, 0.3) is 5.91 Å². The fraction of sp³-hybridized carbons (Fsp3) is 0.429. The molecule has 1 aromatic carbocycles. The first-order valence-corrected chi connectivity index (χ1v) is 6.96. The van der Waals surface area contributed by atoms with Gasteiger partial charge in [-0.2, -0.15) is 0 Å². The number of ether oxygens (including phenoxy) is 1. The molecule has 5 nitrogen and oxygen atoms in total. The van der Waals surface area contributed by atoms with Gasteiger partial charge in [0.1, 0.15) is 0 Å². The Morgan fingerprint density at radius 3 is 2.70 bits per heavy atom. The van der Waals surface area contributed by atoms with Crippen LogP contribution in [0, 0.1) is 0 Å². The number of carbonyl (C=O) groups is 2. The molecule has 0 aromatic heterocycles. The van der Waals surface area contributed by atoms with Crippen LogP contribution in [0.25, 0.3) is 0 Å². The molecule has 1 heterocycles. The van der Waals surface area contributed by atoms with E-state index in [2.05, 4.69) is 5.32 Å². The Morgan fingerprint density at radius 1 is 1.35 bits per heavy atom. The van der Waals surface area contributed by atoms with Crippen molar-refractivity contribution >= 4 is 29.1 Å². The Labute approximate surface area is 122 Å². The molecule has 1 N–H and O–H groups in total. The van der Waals surface area contributed by atoms with E-state index < -0.39 is 0 Å². The van der Waals surface area contributed by atoms with Gasteiger partial charge < -0.3 is 15.0 Å². The maximum Gasteiger partial charge on any atom is 0.256 e. The van der Waals surface area contributed by atoms with Crippen molar-refractivity contribution in [1.82, 2.24) is 4.90 Å². The number of benzene rings is 1. The van der Waals surface area contributed by atoms with Crippen molar-refractivity contribution < 1.29 is 14.3 Å². The van der Waals surface area contributed by atoms with Crippen molar-refractivity contribution in [2.75, 3.05) is 31.6 Å². The van der Waals surface area contributed by atoms with Crippen molar-refractivity contribution in [3.63, 3.8) is 0 Å². The number of morpholine rings is 1. The van der Waals surface area contributed by atoms with Crippen LogP contribution in [0.5, 0.6) is 0 Å². The van der Waals surface area contributed by atoms with Crippen molar-refractivity contribution in [3.05, 3.63) is 28.8 Å². The quantitative estimate of drug-likeness (QED) is 0.930. The molecule has 0 bridgehead atoms. The molecule has 6 heteroatoms. The molecule has 0 spiro atoms. The van der Waals surface area contributed by atoms with E-state index in [9.17, 15) is 9.59 Å². The number of halogens is 1. The summed E-state index contributed by atoms with van der Waals surface area (Å²) < 4.78 is 5.23. The largest absolute Gasteiger partial charge is 0.378 e. The topological polar surface area (TPSA) is 58.6 Å². The SMILES string of the molecule is CCC(=O)Nc1cc(Cl)ccc1C(=O)N1CCOCC1. The van der Waals surface area contributed by atoms with E-state index in [-0.39, 0.29) is 11.8 Å². The maximum absolute atomic E-state index is 12.5. The average molecular weight is 297 g/mol. The highest BCUT2D eigenvalue weighted by molar-refractivity contribution is 6.31. The lowest BCUT2D eigenvalue weighted by molar-refractivity contribution is -0.115. The second kappa shape index (κ2) is 6.72. The summed E-state index contributed by atoms with van der Waals surface area (Å²) in [6.45, 7) is 3.95. The summed E-state index contributed by atoms with van der Waals surface area (Å²) in [4.78, 5) is 25.7. The Hall–Kier alpha value is -1.59. The first-order chi connectivity index (χ1) is 9.61. The van der Waals surface area contributed by atoms with Gasteiger partial charge in [-0.1, -0.05) is 18.5 Å². The van der Waals surface area contributed by atoms with Crippen molar-refractivity contribution in [2.45, 2.75) is 13.3 Å². The van der Waals surface area contributed by atoms with Crippen LogP contribution in [0.2, 0.25) is 5.02 Å². The summed E-state index contributed by atoms with van der Waals surface area (Å²) >= 11 is 5.94. The minimum Gasteiger partial charge on any atom is -0.378 e. The van der Waals surface area contributed by atoms with Gasteiger partial charge in [-0.3, -0.25) is 9.59 Å². The molecule has 0 atom stereocenters. The molecule has 0 saturated carbocycles. The summed E-state index contributed by atoms with van der Waals surface area (Å²) in [5.41, 5.74) is 0.916. The van der Waals surface area contributed by atoms with Crippen LogP contribution in [0.1, 0.15) is 23.7 Å². The van der Waals surface area contributed by atoms with Crippen molar-refractivity contribution in [3.8, 4) is 0 Å². The monoisotopic (exact) mass is 296 g/mol. The number of hydrogen-bond acceptors (Lipinski definition) is 3. The van der Waals surface area contributed by atoms with Gasteiger partial charge in [-0.25, -0.2) is 0 Å². The van der Waals surface area contributed by atoms with E-state index in [1.165, 1.54) is 0 Å². The van der Waals surface area contributed by atoms with E-state index in [1.54, 1.807) is 30.0 Å². The molecule has 1 aliphatic rings. The predicted octanol–water partition coefficient (Wildman–Crippen LogP) is 2.16. The van der Waals surface area contributed by atoms with Crippen LogP contribution in [-0.2, 0) is 9.53 Å². The lowest BCUT2D eigenvalue weighted by Gasteiger charge is -2.27. The lowest BCUT2D eigenvalue weighted by atomic mass is 10.1. The third-order valence-electron chi connectivity index (χ3n) is 3.11. The molecule has 0 aliphatic carbocycles. The molecular weight excluding hydrogens is 280 g/mol. The maximum atomic E-state index is 12.5. The third kappa shape index (κ3) is 3.49. The zero-order chi connectivity index (χ0) is 14.5. The summed E-state index contributed by atoms with van der Waals surface area (Å²) in [6.07, 6.45) is 0.345. The van der Waals surface area contributed by atoms with Crippen LogP contribution < -0.4 is 5.32 Å². The molecule has 2 amide bonds. The number of rotatable bonds is 3. The molecule has 20 heavy (non-hydrogen) atoms. The molecule has 2 rings (SSSR count). The number of nitrogens with one attached hydrogen (secondary N) is 1. The highest BCUT2D eigenvalue weighted by Crippen LogP contribution is 2.23. The van der Waals surface area contributed by atoms with Gasteiger partial charge in [0.2, 0.25) is 5.91 Å². The van der Waals surface area contributed by atoms with Gasteiger partial charge in [0, 0.05) is 24.5 Å². The second-order valence-electron chi connectivity index (χ2n) is 4.50. The van der Waals surface area contributed by atoms with Gasteiger partial charge in [-0.05, 0) is 18.2 Å². The number of carbonyl (C=O) groups excluding carboxylic acids is 2. The van der Waals surface area contributed by atoms with E-state index >= 15 is 0 Å². The Balaban J connectivity index is 2.25. The highest BCUT2D eigenvalue weighted by Gasteiger charge is 2.21. The fourth-order valence-electron chi connectivity index (χ4n) is 1.98. The zero-order valence-corrected chi connectivity index (χ0v) is 12.1. The van der Waals surface area contributed by atoms with Crippen molar-refractivity contribution in [2.24, 2.45) is 0 Å². The summed E-state index contributed by atoms with van der Waals surface area (Å²) in [5, 5.41) is 3.20. The smallest absolute Gasteiger partial charge is 0.256 e. The van der Waals surface area contributed by atoms with Crippen molar-refractivity contribution in [1.29, 1.82) is 0 Å². The van der Waals surface area contributed by atoms with E-state index in [0.29, 0.717) is 49.0 Å². The Kier molecular flexibility index (Phi) is 4.98. The molecule has 0 radical (unpaired) electrons. The number of anilines is 1. The summed E-state index contributed by atoms with van der Waals surface area (Å²) in [6, 6.07) is 4.89. The van der Waals surface area contributed by atoms with Gasteiger partial charge >= 0.3 is 0 Å². The van der Waals surface area contributed by atoms with E-state index in [0.717, 1.165) is 0 Å². The fourth-order valence-corrected chi connectivity index (χ4v) is 2.15. The minimum atomic E-state index is -0.150. The molecule has 1 fully saturated rings. The minimum absolute atomic E-state index is 0.114. The summed E-state index contributed by atoms with van der Waals surface area (Å²) in [5.74, 6) is -0.264. The zero-order valence-electron chi connectivity index (χ0n) is 11.3. The lowest BCUT2D eigenvalue weighted by Crippen LogP contribution is -2.41. The van der Waals surface area contributed by atoms with Crippen LogP contribution in [0.15, 0.2) is 18.2 Å². The molecule has 108 valence electrons. The Bertz CT molecular complexity index is 513. The number of amides is 2. The van der Waals surface area contributed by atoms with Crippen LogP contribution >= 0.6 is 11.6 Å². The first-order valence-electron chi connectivity index (χ1n) is 6.58. The standard InChI is InChI=1S/C14H17ClN2O3/c1-2-13(18)16-12-9-10(15)3-4-11(12)14(19)17-5-7-20-8-6-17/h3-4,9H,2,5-8H2,1H3,(H,16,18). The normalized spacial score (nSPS) is 15.0. The van der Waals surface area contributed by atoms with Crippen LogP contribution in [0.4, 0.5) is 5.69 Å². The second-order valence-corrected chi connectivity index (χ2v) is 4.93. The number of nitrogens with zero attached hydrogens (tertiary/aromatic N) is 1. The van der Waals surface area contributed by atoms with E-state index in [1.807, 2.05) is 0 Å². The highest BCUT2D eigenvalue weighted by atomic mass is 35.5. The molecular formula is C14H17ClN2O3. The van der Waals surface area contributed by atoms with E-state index in [4.69, 9.17) is 16.3 Å². The number of hydrogen-bond donors (Lipinski definition) is 1. The van der Waals surface area contributed by atoms with Gasteiger partial charge in [-0.15, -0.1) is 0 Å². The molecule has 1 aliphatic heterocycles. The average Bonchev–Trinajstić information content (AvgIpc) is 2.47. The Morgan fingerprint density at radius 2 is 2.05 bits per heavy atom. The van der Waals surface area contributed by atoms with Crippen LogP contribution in [0.3, 0.4) is 0 Å². The van der Waals surface area contributed by atoms with Gasteiger partial charge in [0.05, 0.1) is 24.5 Å². The van der Waals surface area contributed by atoms with Crippen LogP contribution in [-0.4, -0.2) is 43.0 Å². The summed E-state index contributed by atoms with van der Waals surface area (Å²) in [7, 11) is 0. The van der Waals surface area contributed by atoms with Gasteiger partial charge in [0.15, 0.2) is 0 Å². The third-order valence-corrected chi connectivity index (χ3v) is 3.34.